The molecule has 14 heavy (non-hydrogen) atoms. The van der Waals surface area contributed by atoms with Crippen LogP contribution in [0, 0.1) is 12.7 Å². The van der Waals surface area contributed by atoms with Crippen LogP contribution < -0.4 is 5.32 Å². The highest BCUT2D eigenvalue weighted by atomic mass is 19.1. The first kappa shape index (κ1) is 11.0. The van der Waals surface area contributed by atoms with Gasteiger partial charge >= 0.3 is 0 Å². The third-order valence-corrected chi connectivity index (χ3v) is 1.92. The lowest BCUT2D eigenvalue weighted by Gasteiger charge is -2.25. The van der Waals surface area contributed by atoms with E-state index in [0.717, 1.165) is 5.56 Å². The zero-order valence-corrected chi connectivity index (χ0v) is 8.76. The van der Waals surface area contributed by atoms with Gasteiger partial charge in [0.05, 0.1) is 12.1 Å². The van der Waals surface area contributed by atoms with E-state index in [-0.39, 0.29) is 12.4 Å². The highest BCUT2D eigenvalue weighted by Gasteiger charge is 2.15. The number of aliphatic hydroxyl groups excluding tert-OH is 1. The van der Waals surface area contributed by atoms with E-state index in [4.69, 9.17) is 5.11 Å². The van der Waals surface area contributed by atoms with Crippen molar-refractivity contribution >= 4 is 5.69 Å². The molecule has 0 bridgehead atoms. The number of anilines is 1. The summed E-state index contributed by atoms with van der Waals surface area (Å²) in [5.41, 5.74) is 1.13. The molecule has 0 aliphatic heterocycles. The quantitative estimate of drug-likeness (QED) is 0.779. The van der Waals surface area contributed by atoms with Crippen LogP contribution in [0.1, 0.15) is 19.4 Å². The van der Waals surface area contributed by atoms with E-state index >= 15 is 0 Å². The van der Waals surface area contributed by atoms with Crippen molar-refractivity contribution in [3.63, 3.8) is 0 Å². The maximum absolute atomic E-state index is 13.0. The van der Waals surface area contributed by atoms with Crippen molar-refractivity contribution < 1.29 is 9.50 Å². The Balaban J connectivity index is 2.87. The van der Waals surface area contributed by atoms with Crippen molar-refractivity contribution in [2.24, 2.45) is 0 Å². The Kier molecular flexibility index (Phi) is 3.11. The maximum Gasteiger partial charge on any atom is 0.125 e. The average Bonchev–Trinajstić information content (AvgIpc) is 2.01. The molecule has 2 N–H and O–H groups in total. The maximum atomic E-state index is 13.0. The van der Waals surface area contributed by atoms with Gasteiger partial charge in [0.2, 0.25) is 0 Å². The van der Waals surface area contributed by atoms with Gasteiger partial charge < -0.3 is 10.4 Å². The summed E-state index contributed by atoms with van der Waals surface area (Å²) in [5, 5.41) is 12.1. The monoisotopic (exact) mass is 197 g/mol. The van der Waals surface area contributed by atoms with Gasteiger partial charge in [0.25, 0.3) is 0 Å². The molecule has 0 heterocycles. The molecule has 1 aromatic rings. The zero-order chi connectivity index (χ0) is 10.8. The lowest BCUT2D eigenvalue weighted by atomic mass is 10.1. The lowest BCUT2D eigenvalue weighted by Crippen LogP contribution is -2.34. The Morgan fingerprint density at radius 1 is 1.36 bits per heavy atom. The SMILES string of the molecule is Cc1cc(F)cc(NC(C)(C)CO)c1. The second-order valence-electron chi connectivity index (χ2n) is 4.18. The van der Waals surface area contributed by atoms with Crippen molar-refractivity contribution in [1.82, 2.24) is 0 Å². The molecule has 1 aromatic carbocycles. The topological polar surface area (TPSA) is 32.3 Å². The molecule has 0 spiro atoms. The fourth-order valence-electron chi connectivity index (χ4n) is 1.24. The highest BCUT2D eigenvalue weighted by Crippen LogP contribution is 2.17. The van der Waals surface area contributed by atoms with Gasteiger partial charge in [-0.15, -0.1) is 0 Å². The second-order valence-corrected chi connectivity index (χ2v) is 4.18. The molecule has 0 amide bonds. The summed E-state index contributed by atoms with van der Waals surface area (Å²) in [4.78, 5) is 0. The Labute approximate surface area is 83.8 Å². The van der Waals surface area contributed by atoms with E-state index in [0.29, 0.717) is 5.69 Å². The van der Waals surface area contributed by atoms with Gasteiger partial charge in [-0.3, -0.25) is 0 Å². The summed E-state index contributed by atoms with van der Waals surface area (Å²) in [6.45, 7) is 5.54. The summed E-state index contributed by atoms with van der Waals surface area (Å²) >= 11 is 0. The predicted molar refractivity (Wildman–Crippen MR) is 55.9 cm³/mol. The molecule has 0 aromatic heterocycles. The fraction of sp³-hybridized carbons (Fsp3) is 0.455. The molecular weight excluding hydrogens is 181 g/mol. The summed E-state index contributed by atoms with van der Waals surface area (Å²) in [7, 11) is 0. The largest absolute Gasteiger partial charge is 0.394 e. The Morgan fingerprint density at radius 2 is 2.00 bits per heavy atom. The van der Waals surface area contributed by atoms with Crippen molar-refractivity contribution in [2.75, 3.05) is 11.9 Å². The van der Waals surface area contributed by atoms with Gasteiger partial charge in [-0.1, -0.05) is 0 Å². The van der Waals surface area contributed by atoms with E-state index in [1.54, 1.807) is 0 Å². The molecular formula is C11H16FNO. The normalized spacial score (nSPS) is 11.5. The van der Waals surface area contributed by atoms with Crippen molar-refractivity contribution in [2.45, 2.75) is 26.3 Å². The molecule has 0 radical (unpaired) electrons. The summed E-state index contributed by atoms with van der Waals surface area (Å²) < 4.78 is 13.0. The standard InChI is InChI=1S/C11H16FNO/c1-8-4-9(12)6-10(5-8)13-11(2,3)7-14/h4-6,13-14H,7H2,1-3H3. The molecule has 0 saturated carbocycles. The van der Waals surface area contributed by atoms with Gasteiger partial charge in [-0.05, 0) is 44.5 Å². The van der Waals surface area contributed by atoms with Gasteiger partial charge in [0.1, 0.15) is 5.82 Å². The van der Waals surface area contributed by atoms with E-state index < -0.39 is 5.54 Å². The first-order valence-electron chi connectivity index (χ1n) is 4.59. The molecule has 2 nitrogen and oxygen atoms in total. The number of halogens is 1. The van der Waals surface area contributed by atoms with Crippen molar-refractivity contribution in [1.29, 1.82) is 0 Å². The number of aliphatic hydroxyl groups is 1. The number of benzene rings is 1. The minimum Gasteiger partial charge on any atom is -0.394 e. The predicted octanol–water partition coefficient (Wildman–Crippen LogP) is 2.32. The lowest BCUT2D eigenvalue weighted by molar-refractivity contribution is 0.234. The molecule has 0 aliphatic carbocycles. The summed E-state index contributed by atoms with van der Waals surface area (Å²) in [6, 6.07) is 4.74. The minimum atomic E-state index is -0.430. The van der Waals surface area contributed by atoms with Crippen LogP contribution in [0.3, 0.4) is 0 Å². The second kappa shape index (κ2) is 3.96. The van der Waals surface area contributed by atoms with E-state index in [1.165, 1.54) is 12.1 Å². The highest BCUT2D eigenvalue weighted by molar-refractivity contribution is 5.47. The number of rotatable bonds is 3. The fourth-order valence-corrected chi connectivity index (χ4v) is 1.24. The number of aryl methyl sites for hydroxylation is 1. The first-order chi connectivity index (χ1) is 6.43. The van der Waals surface area contributed by atoms with Crippen LogP contribution in [-0.4, -0.2) is 17.3 Å². The molecule has 0 atom stereocenters. The minimum absolute atomic E-state index is 0.00254. The van der Waals surface area contributed by atoms with Crippen LogP contribution in [-0.2, 0) is 0 Å². The van der Waals surface area contributed by atoms with Crippen molar-refractivity contribution in [3.05, 3.63) is 29.6 Å². The number of nitrogens with one attached hydrogen (secondary N) is 1. The van der Waals surface area contributed by atoms with Crippen LogP contribution in [0.4, 0.5) is 10.1 Å². The summed E-state index contributed by atoms with van der Waals surface area (Å²) in [6.07, 6.45) is 0. The van der Waals surface area contributed by atoms with Crippen LogP contribution >= 0.6 is 0 Å². The molecule has 78 valence electrons. The zero-order valence-electron chi connectivity index (χ0n) is 8.76. The average molecular weight is 197 g/mol. The van der Waals surface area contributed by atoms with Gasteiger partial charge in [0, 0.05) is 5.69 Å². The molecule has 3 heteroatoms. The van der Waals surface area contributed by atoms with Crippen LogP contribution in [0.25, 0.3) is 0 Å². The van der Waals surface area contributed by atoms with Crippen molar-refractivity contribution in [3.8, 4) is 0 Å². The van der Waals surface area contributed by atoms with Gasteiger partial charge in [0.15, 0.2) is 0 Å². The van der Waals surface area contributed by atoms with E-state index in [2.05, 4.69) is 5.32 Å². The third kappa shape index (κ3) is 3.00. The van der Waals surface area contributed by atoms with Crippen LogP contribution in [0.5, 0.6) is 0 Å². The van der Waals surface area contributed by atoms with Crippen LogP contribution in [0.15, 0.2) is 18.2 Å². The third-order valence-electron chi connectivity index (χ3n) is 1.92. The first-order valence-corrected chi connectivity index (χ1v) is 4.59. The van der Waals surface area contributed by atoms with Crippen LogP contribution in [0.2, 0.25) is 0 Å². The Bertz CT molecular complexity index is 303. The van der Waals surface area contributed by atoms with E-state index in [9.17, 15) is 4.39 Å². The smallest absolute Gasteiger partial charge is 0.125 e. The molecule has 0 aliphatic rings. The van der Waals surface area contributed by atoms with Gasteiger partial charge in [-0.25, -0.2) is 4.39 Å². The molecule has 1 rings (SSSR count). The number of hydrogen-bond donors (Lipinski definition) is 2. The number of hydrogen-bond acceptors (Lipinski definition) is 2. The Morgan fingerprint density at radius 3 is 2.50 bits per heavy atom. The molecule has 0 fully saturated rings. The molecule has 0 unspecified atom stereocenters. The summed E-state index contributed by atoms with van der Waals surface area (Å²) in [5.74, 6) is -0.263. The molecule has 0 saturated heterocycles. The van der Waals surface area contributed by atoms with Gasteiger partial charge in [-0.2, -0.15) is 0 Å². The van der Waals surface area contributed by atoms with E-state index in [1.807, 2.05) is 26.8 Å². The Hall–Kier alpha value is -1.09.